The maximum atomic E-state index is 11.1. The minimum Gasteiger partial charge on any atom is -0.471 e. The number of hydrogen-bond donors (Lipinski definition) is 1. The van der Waals surface area contributed by atoms with E-state index in [0.29, 0.717) is 12.5 Å². The average Bonchev–Trinajstić information content (AvgIpc) is 2.42. The standard InChI is InChI=1S/C9H15NO3S2/c1-7(2)5-13-9(14)10-8-3-4-15(11,12)6-8/h3-4,7-8H,5-6H2,1-2H3,(H,10,14). The minimum atomic E-state index is -3.03. The molecular formula is C9H15NO3S2. The van der Waals surface area contributed by atoms with Crippen LogP contribution >= 0.6 is 12.2 Å². The lowest BCUT2D eigenvalue weighted by molar-refractivity contribution is 0.253. The molecule has 6 heteroatoms. The molecule has 0 aromatic heterocycles. The van der Waals surface area contributed by atoms with Gasteiger partial charge < -0.3 is 10.1 Å². The average molecular weight is 249 g/mol. The molecule has 86 valence electrons. The molecule has 15 heavy (non-hydrogen) atoms. The quantitative estimate of drug-likeness (QED) is 0.751. The second-order valence-corrected chi connectivity index (χ2v) is 6.20. The highest BCUT2D eigenvalue weighted by Gasteiger charge is 2.22. The smallest absolute Gasteiger partial charge is 0.257 e. The summed E-state index contributed by atoms with van der Waals surface area (Å²) in [6, 6.07) is -0.255. The Labute approximate surface area is 95.6 Å². The minimum absolute atomic E-state index is 0.0537. The maximum Gasteiger partial charge on any atom is 0.257 e. The number of nitrogens with one attached hydrogen (secondary N) is 1. The van der Waals surface area contributed by atoms with Crippen LogP contribution in [0.4, 0.5) is 0 Å². The van der Waals surface area contributed by atoms with Gasteiger partial charge in [-0.2, -0.15) is 0 Å². The molecule has 1 aliphatic heterocycles. The van der Waals surface area contributed by atoms with Crippen molar-refractivity contribution in [3.8, 4) is 0 Å². The number of ether oxygens (including phenoxy) is 1. The predicted molar refractivity (Wildman–Crippen MR) is 63.2 cm³/mol. The van der Waals surface area contributed by atoms with E-state index in [9.17, 15) is 8.42 Å². The fraction of sp³-hybridized carbons (Fsp3) is 0.667. The van der Waals surface area contributed by atoms with Gasteiger partial charge in [0.1, 0.15) is 0 Å². The molecule has 0 saturated heterocycles. The zero-order valence-electron chi connectivity index (χ0n) is 8.76. The summed E-state index contributed by atoms with van der Waals surface area (Å²) in [6.45, 7) is 4.57. The molecule has 0 radical (unpaired) electrons. The SMILES string of the molecule is CC(C)COC(=S)NC1C=CS(=O)(=O)C1. The fourth-order valence-electron chi connectivity index (χ4n) is 1.10. The number of hydrogen-bond acceptors (Lipinski definition) is 4. The van der Waals surface area contributed by atoms with Gasteiger partial charge in [-0.3, -0.25) is 0 Å². The van der Waals surface area contributed by atoms with Crippen LogP contribution in [0.1, 0.15) is 13.8 Å². The Kier molecular flexibility index (Phi) is 4.10. The lowest BCUT2D eigenvalue weighted by atomic mass is 10.2. The Morgan fingerprint density at radius 3 is 2.80 bits per heavy atom. The molecule has 0 aromatic rings. The largest absolute Gasteiger partial charge is 0.471 e. The molecule has 0 aliphatic carbocycles. The molecule has 0 saturated carbocycles. The summed E-state index contributed by atoms with van der Waals surface area (Å²) in [5.41, 5.74) is 0. The maximum absolute atomic E-state index is 11.1. The van der Waals surface area contributed by atoms with Crippen molar-refractivity contribution < 1.29 is 13.2 Å². The number of thiocarbonyl (C=S) groups is 1. The van der Waals surface area contributed by atoms with Crippen molar-refractivity contribution in [2.24, 2.45) is 5.92 Å². The molecule has 0 spiro atoms. The summed E-state index contributed by atoms with van der Waals surface area (Å²) >= 11 is 4.92. The van der Waals surface area contributed by atoms with Crippen molar-refractivity contribution in [3.63, 3.8) is 0 Å². The molecule has 0 amide bonds. The van der Waals surface area contributed by atoms with E-state index in [-0.39, 0.29) is 17.0 Å². The Hall–Kier alpha value is -0.620. The van der Waals surface area contributed by atoms with Crippen molar-refractivity contribution in [3.05, 3.63) is 11.5 Å². The van der Waals surface area contributed by atoms with Crippen LogP contribution < -0.4 is 5.32 Å². The summed E-state index contributed by atoms with van der Waals surface area (Å²) in [5.74, 6) is 0.450. The molecule has 0 fully saturated rings. The molecule has 1 N–H and O–H groups in total. The van der Waals surface area contributed by atoms with Crippen LogP contribution in [0.3, 0.4) is 0 Å². The van der Waals surface area contributed by atoms with Crippen molar-refractivity contribution in [2.45, 2.75) is 19.9 Å². The molecule has 0 aromatic carbocycles. The van der Waals surface area contributed by atoms with Crippen LogP contribution in [0.15, 0.2) is 11.5 Å². The summed E-state index contributed by atoms with van der Waals surface area (Å²) in [7, 11) is -3.03. The van der Waals surface area contributed by atoms with E-state index >= 15 is 0 Å². The van der Waals surface area contributed by atoms with Crippen molar-refractivity contribution in [2.75, 3.05) is 12.4 Å². The summed E-state index contributed by atoms with van der Waals surface area (Å²) in [6.07, 6.45) is 1.58. The van der Waals surface area contributed by atoms with Gasteiger partial charge in [0, 0.05) is 5.41 Å². The van der Waals surface area contributed by atoms with E-state index in [1.807, 2.05) is 13.8 Å². The predicted octanol–water partition coefficient (Wildman–Crippen LogP) is 0.844. The van der Waals surface area contributed by atoms with E-state index in [4.69, 9.17) is 17.0 Å². The molecular weight excluding hydrogens is 234 g/mol. The van der Waals surface area contributed by atoms with Gasteiger partial charge in [-0.05, 0) is 24.2 Å². The highest BCUT2D eigenvalue weighted by Crippen LogP contribution is 2.08. The van der Waals surface area contributed by atoms with Crippen LogP contribution in [0.2, 0.25) is 0 Å². The van der Waals surface area contributed by atoms with E-state index in [1.165, 1.54) is 5.41 Å². The van der Waals surface area contributed by atoms with E-state index in [0.717, 1.165) is 0 Å². The number of rotatable bonds is 3. The van der Waals surface area contributed by atoms with Crippen molar-refractivity contribution in [1.82, 2.24) is 5.32 Å². The van der Waals surface area contributed by atoms with Crippen LogP contribution in [0, 0.1) is 5.92 Å². The highest BCUT2D eigenvalue weighted by atomic mass is 32.2. The van der Waals surface area contributed by atoms with Gasteiger partial charge >= 0.3 is 0 Å². The normalized spacial score (nSPS) is 23.0. The first kappa shape index (κ1) is 12.4. The number of sulfone groups is 1. The fourth-order valence-corrected chi connectivity index (χ4v) is 2.56. The molecule has 0 bridgehead atoms. The van der Waals surface area contributed by atoms with E-state index < -0.39 is 9.84 Å². The monoisotopic (exact) mass is 249 g/mol. The Morgan fingerprint density at radius 2 is 2.33 bits per heavy atom. The van der Waals surface area contributed by atoms with Crippen LogP contribution in [0.25, 0.3) is 0 Å². The lowest BCUT2D eigenvalue weighted by Crippen LogP contribution is -2.36. The van der Waals surface area contributed by atoms with Gasteiger partial charge in [0.15, 0.2) is 9.84 Å². The molecule has 1 rings (SSSR count). The van der Waals surface area contributed by atoms with Crippen LogP contribution in [-0.2, 0) is 14.6 Å². The van der Waals surface area contributed by atoms with Crippen LogP contribution in [-0.4, -0.2) is 32.0 Å². The third kappa shape index (κ3) is 4.61. The van der Waals surface area contributed by atoms with Gasteiger partial charge in [-0.1, -0.05) is 13.8 Å². The summed E-state index contributed by atoms with van der Waals surface area (Å²) < 4.78 is 27.4. The van der Waals surface area contributed by atoms with Crippen LogP contribution in [0.5, 0.6) is 0 Å². The van der Waals surface area contributed by atoms with Gasteiger partial charge in [0.25, 0.3) is 5.17 Å². The first-order valence-corrected chi connectivity index (χ1v) is 6.85. The van der Waals surface area contributed by atoms with Gasteiger partial charge in [0.2, 0.25) is 0 Å². The molecule has 1 atom stereocenters. The third-order valence-corrected chi connectivity index (χ3v) is 3.41. The lowest BCUT2D eigenvalue weighted by Gasteiger charge is -2.14. The zero-order valence-corrected chi connectivity index (χ0v) is 10.4. The van der Waals surface area contributed by atoms with Gasteiger partial charge in [0.05, 0.1) is 18.4 Å². The van der Waals surface area contributed by atoms with Gasteiger partial charge in [-0.15, -0.1) is 0 Å². The topological polar surface area (TPSA) is 55.4 Å². The highest BCUT2D eigenvalue weighted by molar-refractivity contribution is 7.94. The Morgan fingerprint density at radius 1 is 1.67 bits per heavy atom. The first-order valence-electron chi connectivity index (χ1n) is 4.73. The molecule has 1 aliphatic rings. The van der Waals surface area contributed by atoms with E-state index in [1.54, 1.807) is 6.08 Å². The van der Waals surface area contributed by atoms with E-state index in [2.05, 4.69) is 5.32 Å². The molecule has 1 heterocycles. The molecule has 1 unspecified atom stereocenters. The zero-order chi connectivity index (χ0) is 11.5. The summed E-state index contributed by atoms with van der Waals surface area (Å²) in [4.78, 5) is 0. The second kappa shape index (κ2) is 4.94. The van der Waals surface area contributed by atoms with Gasteiger partial charge in [-0.25, -0.2) is 8.42 Å². The molecule has 4 nitrogen and oxygen atoms in total. The third-order valence-electron chi connectivity index (χ3n) is 1.78. The van der Waals surface area contributed by atoms with Crippen molar-refractivity contribution >= 4 is 27.2 Å². The summed E-state index contributed by atoms with van der Waals surface area (Å²) in [5, 5.41) is 4.30. The first-order chi connectivity index (χ1) is 6.89. The Balaban J connectivity index is 2.32. The van der Waals surface area contributed by atoms with Crippen molar-refractivity contribution in [1.29, 1.82) is 0 Å². The Bertz CT molecular complexity index is 360. The second-order valence-electron chi connectivity index (χ2n) is 3.90.